The van der Waals surface area contributed by atoms with Crippen LogP contribution in [0.4, 0.5) is 0 Å². The van der Waals surface area contributed by atoms with Crippen molar-refractivity contribution in [3.05, 3.63) is 48.6 Å². The Morgan fingerprint density at radius 2 is 0.574 bits per heavy atom. The molecule has 0 aromatic heterocycles. The lowest BCUT2D eigenvalue weighted by molar-refractivity contribution is -0.167. The lowest BCUT2D eigenvalue weighted by atomic mass is 10.0. The third kappa shape index (κ3) is 54.3. The molecule has 0 fully saturated rings. The smallest absolute Gasteiger partial charge is 0.306 e. The highest BCUT2D eigenvalue weighted by Gasteiger charge is 2.19. The zero-order chi connectivity index (χ0) is 49.3. The van der Waals surface area contributed by atoms with Crippen molar-refractivity contribution in [3.63, 3.8) is 0 Å². The molecule has 0 amide bonds. The van der Waals surface area contributed by atoms with Crippen molar-refractivity contribution in [2.45, 2.75) is 316 Å². The Bertz CT molecular complexity index is 1190. The monoisotopic (exact) mass is 953 g/mol. The average Bonchev–Trinajstić information content (AvgIpc) is 3.34. The number of hydrogen-bond acceptors (Lipinski definition) is 6. The SMILES string of the molecule is CC/C=C\C/C=C\C/C=C\C/C=C\CCCCCCC(=O)OC(COC(=O)CCCCCCCC)COC(=O)CCCCCCCCCCCCCCCCCCCCCCCCCCCCC. The predicted molar refractivity (Wildman–Crippen MR) is 293 cm³/mol. The lowest BCUT2D eigenvalue weighted by Gasteiger charge is -2.18. The molecule has 0 aromatic rings. The van der Waals surface area contributed by atoms with Crippen LogP contribution in [-0.4, -0.2) is 37.2 Å². The van der Waals surface area contributed by atoms with Crippen molar-refractivity contribution in [2.75, 3.05) is 13.2 Å². The molecule has 0 rings (SSSR count). The molecule has 0 bridgehead atoms. The summed E-state index contributed by atoms with van der Waals surface area (Å²) in [7, 11) is 0. The summed E-state index contributed by atoms with van der Waals surface area (Å²) in [4.78, 5) is 37.9. The van der Waals surface area contributed by atoms with Crippen molar-refractivity contribution < 1.29 is 28.6 Å². The van der Waals surface area contributed by atoms with Gasteiger partial charge in [-0.25, -0.2) is 0 Å². The number of unbranched alkanes of at least 4 members (excludes halogenated alkanes) is 35. The van der Waals surface area contributed by atoms with Gasteiger partial charge in [-0.05, 0) is 57.8 Å². The minimum Gasteiger partial charge on any atom is -0.462 e. The molecule has 6 nitrogen and oxygen atoms in total. The highest BCUT2D eigenvalue weighted by molar-refractivity contribution is 5.71. The lowest BCUT2D eigenvalue weighted by Crippen LogP contribution is -2.30. The van der Waals surface area contributed by atoms with Crippen LogP contribution < -0.4 is 0 Å². The summed E-state index contributed by atoms with van der Waals surface area (Å²) in [6.07, 6.45) is 70.1. The van der Waals surface area contributed by atoms with Crippen LogP contribution in [0, 0.1) is 0 Å². The summed E-state index contributed by atoms with van der Waals surface area (Å²) in [6.45, 7) is 6.48. The van der Waals surface area contributed by atoms with Crippen molar-refractivity contribution in [1.29, 1.82) is 0 Å². The van der Waals surface area contributed by atoms with Gasteiger partial charge < -0.3 is 14.2 Å². The molecule has 0 spiro atoms. The van der Waals surface area contributed by atoms with Crippen LogP contribution in [0.25, 0.3) is 0 Å². The van der Waals surface area contributed by atoms with E-state index in [0.717, 1.165) is 96.3 Å². The molecule has 0 saturated carbocycles. The van der Waals surface area contributed by atoms with Crippen LogP contribution in [0.3, 0.4) is 0 Å². The van der Waals surface area contributed by atoms with Gasteiger partial charge in [0.25, 0.3) is 0 Å². The Hall–Kier alpha value is -2.63. The van der Waals surface area contributed by atoms with E-state index in [1.165, 1.54) is 173 Å². The Morgan fingerprint density at radius 1 is 0.309 bits per heavy atom. The molecule has 0 aromatic carbocycles. The normalized spacial score (nSPS) is 12.3. The number of allylic oxidation sites excluding steroid dienone is 8. The van der Waals surface area contributed by atoms with Crippen molar-refractivity contribution in [3.8, 4) is 0 Å². The van der Waals surface area contributed by atoms with Gasteiger partial charge in [0.15, 0.2) is 6.10 Å². The summed E-state index contributed by atoms with van der Waals surface area (Å²) >= 11 is 0. The first-order chi connectivity index (χ1) is 33.5. The molecule has 1 atom stereocenters. The summed E-state index contributed by atoms with van der Waals surface area (Å²) in [5, 5.41) is 0. The molecule has 0 saturated heterocycles. The maximum atomic E-state index is 12.8. The fourth-order valence-electron chi connectivity index (χ4n) is 8.67. The van der Waals surface area contributed by atoms with Gasteiger partial charge in [-0.15, -0.1) is 0 Å². The van der Waals surface area contributed by atoms with Gasteiger partial charge in [0.05, 0.1) is 0 Å². The van der Waals surface area contributed by atoms with Gasteiger partial charge in [0.2, 0.25) is 0 Å². The van der Waals surface area contributed by atoms with E-state index in [2.05, 4.69) is 69.4 Å². The number of esters is 3. The van der Waals surface area contributed by atoms with E-state index in [0.29, 0.717) is 19.3 Å². The molecule has 0 aliphatic carbocycles. The second-order valence-electron chi connectivity index (χ2n) is 19.9. The molecule has 0 N–H and O–H groups in total. The van der Waals surface area contributed by atoms with Crippen molar-refractivity contribution in [1.82, 2.24) is 0 Å². The van der Waals surface area contributed by atoms with E-state index in [9.17, 15) is 14.4 Å². The molecule has 68 heavy (non-hydrogen) atoms. The molecule has 0 radical (unpaired) electrons. The highest BCUT2D eigenvalue weighted by atomic mass is 16.6. The average molecular weight is 954 g/mol. The fourth-order valence-corrected chi connectivity index (χ4v) is 8.67. The molecule has 0 aliphatic heterocycles. The van der Waals surface area contributed by atoms with Crippen LogP contribution in [0.15, 0.2) is 48.6 Å². The Balaban J connectivity index is 4.05. The standard InChI is InChI=1S/C62H112O6/c1-4-7-10-13-16-18-20-22-24-26-27-28-29-30-31-32-33-34-35-37-38-40-42-44-46-49-52-55-61(64)67-58-59(57-66-60(63)54-51-48-15-12-9-6-3)68-62(65)56-53-50-47-45-43-41-39-36-25-23-21-19-17-14-11-8-5-2/h8,11,17,19,23,25,39,41,59H,4-7,9-10,12-16,18,20-22,24,26-38,40,42-58H2,1-3H3/b11-8-,19-17-,25-23-,41-39-. The van der Waals surface area contributed by atoms with Gasteiger partial charge in [-0.3, -0.25) is 14.4 Å². The molecular formula is C62H112O6. The number of ether oxygens (including phenoxy) is 3. The van der Waals surface area contributed by atoms with Crippen LogP contribution in [0.5, 0.6) is 0 Å². The predicted octanol–water partition coefficient (Wildman–Crippen LogP) is 19.8. The topological polar surface area (TPSA) is 78.9 Å². The first-order valence-corrected chi connectivity index (χ1v) is 29.6. The zero-order valence-corrected chi connectivity index (χ0v) is 45.4. The fraction of sp³-hybridized carbons (Fsp3) is 0.823. The molecule has 6 heteroatoms. The van der Waals surface area contributed by atoms with Gasteiger partial charge in [0.1, 0.15) is 13.2 Å². The first-order valence-electron chi connectivity index (χ1n) is 29.6. The summed E-state index contributed by atoms with van der Waals surface area (Å²) in [5.41, 5.74) is 0. The molecule has 0 heterocycles. The highest BCUT2D eigenvalue weighted by Crippen LogP contribution is 2.17. The van der Waals surface area contributed by atoms with Crippen LogP contribution in [-0.2, 0) is 28.6 Å². The van der Waals surface area contributed by atoms with Gasteiger partial charge in [0, 0.05) is 19.3 Å². The van der Waals surface area contributed by atoms with E-state index < -0.39 is 6.10 Å². The largest absolute Gasteiger partial charge is 0.462 e. The first kappa shape index (κ1) is 65.4. The Morgan fingerprint density at radius 3 is 0.897 bits per heavy atom. The molecule has 1 unspecified atom stereocenters. The van der Waals surface area contributed by atoms with Crippen LogP contribution in [0.1, 0.15) is 310 Å². The Labute approximate surface area is 422 Å². The molecule has 0 aliphatic rings. The third-order valence-corrected chi connectivity index (χ3v) is 13.1. The second-order valence-corrected chi connectivity index (χ2v) is 19.9. The van der Waals surface area contributed by atoms with E-state index in [1.54, 1.807) is 0 Å². The second kappa shape index (κ2) is 57.0. The van der Waals surface area contributed by atoms with Crippen LogP contribution >= 0.6 is 0 Å². The Kier molecular flexibility index (Phi) is 54.8. The molecular weight excluding hydrogens is 841 g/mol. The zero-order valence-electron chi connectivity index (χ0n) is 45.4. The number of carbonyl (C=O) groups excluding carboxylic acids is 3. The van der Waals surface area contributed by atoms with Gasteiger partial charge in [-0.1, -0.05) is 281 Å². The summed E-state index contributed by atoms with van der Waals surface area (Å²) < 4.78 is 16.7. The maximum absolute atomic E-state index is 12.8. The third-order valence-electron chi connectivity index (χ3n) is 13.1. The van der Waals surface area contributed by atoms with E-state index in [4.69, 9.17) is 14.2 Å². The number of hydrogen-bond donors (Lipinski definition) is 0. The number of carbonyl (C=O) groups is 3. The minimum atomic E-state index is -0.781. The quantitative estimate of drug-likeness (QED) is 0.0262. The van der Waals surface area contributed by atoms with Crippen LogP contribution in [0.2, 0.25) is 0 Å². The van der Waals surface area contributed by atoms with Gasteiger partial charge >= 0.3 is 17.9 Å². The minimum absolute atomic E-state index is 0.0801. The van der Waals surface area contributed by atoms with E-state index >= 15 is 0 Å². The summed E-state index contributed by atoms with van der Waals surface area (Å²) in [5.74, 6) is -0.901. The summed E-state index contributed by atoms with van der Waals surface area (Å²) in [6, 6.07) is 0. The van der Waals surface area contributed by atoms with E-state index in [1.807, 2.05) is 0 Å². The van der Waals surface area contributed by atoms with Crippen molar-refractivity contribution in [2.24, 2.45) is 0 Å². The van der Waals surface area contributed by atoms with Crippen molar-refractivity contribution >= 4 is 17.9 Å². The van der Waals surface area contributed by atoms with E-state index in [-0.39, 0.29) is 31.1 Å². The maximum Gasteiger partial charge on any atom is 0.306 e. The van der Waals surface area contributed by atoms with Gasteiger partial charge in [-0.2, -0.15) is 0 Å². The molecule has 396 valence electrons. The number of rotatable bonds is 54.